The van der Waals surface area contributed by atoms with Gasteiger partial charge in [-0.3, -0.25) is 9.78 Å². The summed E-state index contributed by atoms with van der Waals surface area (Å²) in [6.45, 7) is 0. The average molecular weight is 402 g/mol. The van der Waals surface area contributed by atoms with Crippen molar-refractivity contribution in [2.45, 2.75) is 0 Å². The van der Waals surface area contributed by atoms with E-state index in [-0.39, 0.29) is 5.91 Å². The molecule has 0 bridgehead atoms. The minimum Gasteiger partial charge on any atom is -0.375 e. The van der Waals surface area contributed by atoms with Gasteiger partial charge in [0, 0.05) is 30.7 Å². The van der Waals surface area contributed by atoms with Crippen LogP contribution in [-0.2, 0) is 0 Å². The number of nitrogens with zero attached hydrogens (tertiary/aromatic N) is 3. The van der Waals surface area contributed by atoms with Crippen LogP contribution >= 0.6 is 11.3 Å². The SMILES string of the molecule is CNC(=O)c1cccc(Nc2cc(-c3sc(N)nc3-c3ccccn3)ccn2)c1. The van der Waals surface area contributed by atoms with Crippen LogP contribution in [0.25, 0.3) is 21.8 Å². The topological polar surface area (TPSA) is 106 Å². The number of benzene rings is 1. The zero-order valence-electron chi connectivity index (χ0n) is 15.6. The number of aromatic nitrogens is 3. The number of rotatable bonds is 5. The third-order valence-corrected chi connectivity index (χ3v) is 5.13. The molecule has 8 heteroatoms. The van der Waals surface area contributed by atoms with Crippen LogP contribution in [0.5, 0.6) is 0 Å². The first-order valence-electron chi connectivity index (χ1n) is 8.87. The molecule has 3 heterocycles. The number of nitrogen functional groups attached to an aromatic ring is 1. The van der Waals surface area contributed by atoms with Crippen molar-refractivity contribution in [3.8, 4) is 21.8 Å². The summed E-state index contributed by atoms with van der Waals surface area (Å²) in [5.74, 6) is 0.506. The molecule has 7 nitrogen and oxygen atoms in total. The molecule has 0 spiro atoms. The van der Waals surface area contributed by atoms with Gasteiger partial charge in [-0.25, -0.2) is 9.97 Å². The maximum atomic E-state index is 11.9. The minimum absolute atomic E-state index is 0.143. The Morgan fingerprint density at radius 3 is 2.72 bits per heavy atom. The first-order chi connectivity index (χ1) is 14.1. The zero-order valence-corrected chi connectivity index (χ0v) is 16.4. The second-order valence-electron chi connectivity index (χ2n) is 6.16. The summed E-state index contributed by atoms with van der Waals surface area (Å²) in [5, 5.41) is 6.34. The molecule has 3 aromatic heterocycles. The average Bonchev–Trinajstić information content (AvgIpc) is 3.16. The smallest absolute Gasteiger partial charge is 0.251 e. The zero-order chi connectivity index (χ0) is 20.2. The van der Waals surface area contributed by atoms with Gasteiger partial charge in [-0.1, -0.05) is 23.5 Å². The van der Waals surface area contributed by atoms with E-state index >= 15 is 0 Å². The molecular weight excluding hydrogens is 384 g/mol. The molecule has 0 unspecified atom stereocenters. The Balaban J connectivity index is 1.67. The largest absolute Gasteiger partial charge is 0.375 e. The fourth-order valence-corrected chi connectivity index (χ4v) is 3.72. The molecule has 0 aliphatic carbocycles. The Morgan fingerprint density at radius 2 is 1.93 bits per heavy atom. The number of hydrogen-bond acceptors (Lipinski definition) is 7. The number of thiazole rings is 1. The molecule has 1 aromatic carbocycles. The highest BCUT2D eigenvalue weighted by Crippen LogP contribution is 2.37. The quantitative estimate of drug-likeness (QED) is 0.467. The van der Waals surface area contributed by atoms with Crippen molar-refractivity contribution in [3.05, 3.63) is 72.6 Å². The van der Waals surface area contributed by atoms with Gasteiger partial charge in [0.1, 0.15) is 11.5 Å². The van der Waals surface area contributed by atoms with Crippen LogP contribution in [0.3, 0.4) is 0 Å². The lowest BCUT2D eigenvalue weighted by Crippen LogP contribution is -2.17. The lowest BCUT2D eigenvalue weighted by atomic mass is 10.1. The number of carbonyl (C=O) groups is 1. The molecule has 4 N–H and O–H groups in total. The Kier molecular flexibility index (Phi) is 5.17. The molecular formula is C21H18N6OS. The lowest BCUT2D eigenvalue weighted by Gasteiger charge is -2.09. The monoisotopic (exact) mass is 402 g/mol. The molecule has 0 aliphatic heterocycles. The molecule has 0 radical (unpaired) electrons. The van der Waals surface area contributed by atoms with Crippen LogP contribution in [0.4, 0.5) is 16.6 Å². The second kappa shape index (κ2) is 8.07. The molecule has 4 aromatic rings. The van der Waals surface area contributed by atoms with Crippen molar-refractivity contribution in [2.75, 3.05) is 18.1 Å². The highest BCUT2D eigenvalue weighted by molar-refractivity contribution is 7.19. The summed E-state index contributed by atoms with van der Waals surface area (Å²) >= 11 is 1.40. The van der Waals surface area contributed by atoms with Crippen molar-refractivity contribution < 1.29 is 4.79 Å². The van der Waals surface area contributed by atoms with E-state index in [0.717, 1.165) is 27.5 Å². The van der Waals surface area contributed by atoms with Crippen LogP contribution in [0.2, 0.25) is 0 Å². The van der Waals surface area contributed by atoms with E-state index in [0.29, 0.717) is 16.5 Å². The van der Waals surface area contributed by atoms with E-state index in [9.17, 15) is 4.79 Å². The van der Waals surface area contributed by atoms with E-state index in [2.05, 4.69) is 25.6 Å². The fourth-order valence-electron chi connectivity index (χ4n) is 2.88. The predicted molar refractivity (Wildman–Crippen MR) is 116 cm³/mol. The molecule has 29 heavy (non-hydrogen) atoms. The Labute approximate surface area is 171 Å². The minimum atomic E-state index is -0.143. The molecule has 4 rings (SSSR count). The van der Waals surface area contributed by atoms with Gasteiger partial charge >= 0.3 is 0 Å². The van der Waals surface area contributed by atoms with E-state index in [1.165, 1.54) is 11.3 Å². The van der Waals surface area contributed by atoms with Gasteiger partial charge in [0.05, 0.1) is 10.6 Å². The number of anilines is 3. The van der Waals surface area contributed by atoms with Gasteiger partial charge in [-0.15, -0.1) is 0 Å². The van der Waals surface area contributed by atoms with Gasteiger partial charge in [0.15, 0.2) is 5.13 Å². The first-order valence-corrected chi connectivity index (χ1v) is 9.69. The van der Waals surface area contributed by atoms with Gasteiger partial charge in [-0.05, 0) is 48.0 Å². The van der Waals surface area contributed by atoms with Gasteiger partial charge in [0.25, 0.3) is 5.91 Å². The van der Waals surface area contributed by atoms with Gasteiger partial charge in [-0.2, -0.15) is 0 Å². The molecule has 144 valence electrons. The van der Waals surface area contributed by atoms with Crippen molar-refractivity contribution in [2.24, 2.45) is 0 Å². The third-order valence-electron chi connectivity index (χ3n) is 4.20. The molecule has 0 saturated heterocycles. The predicted octanol–water partition coefficient (Wildman–Crippen LogP) is 3.95. The highest BCUT2D eigenvalue weighted by atomic mass is 32.1. The van der Waals surface area contributed by atoms with Crippen LogP contribution in [0, 0.1) is 0 Å². The second-order valence-corrected chi connectivity index (χ2v) is 7.19. The molecule has 0 aliphatic rings. The van der Waals surface area contributed by atoms with Crippen LogP contribution in [0.15, 0.2) is 67.0 Å². The maximum absolute atomic E-state index is 11.9. The number of carbonyl (C=O) groups excluding carboxylic acids is 1. The number of nitrogens with one attached hydrogen (secondary N) is 2. The maximum Gasteiger partial charge on any atom is 0.251 e. The fraction of sp³-hybridized carbons (Fsp3) is 0.0476. The molecule has 0 atom stereocenters. The highest BCUT2D eigenvalue weighted by Gasteiger charge is 2.15. The van der Waals surface area contributed by atoms with Gasteiger partial charge < -0.3 is 16.4 Å². The molecule has 1 amide bonds. The van der Waals surface area contributed by atoms with Crippen molar-refractivity contribution >= 4 is 33.9 Å². The Bertz CT molecular complexity index is 1160. The van der Waals surface area contributed by atoms with E-state index in [4.69, 9.17) is 5.73 Å². The van der Waals surface area contributed by atoms with Crippen LogP contribution < -0.4 is 16.4 Å². The third kappa shape index (κ3) is 4.07. The summed E-state index contributed by atoms with van der Waals surface area (Å²) in [4.78, 5) is 26.0. The first kappa shape index (κ1) is 18.6. The van der Waals surface area contributed by atoms with Gasteiger partial charge in [0.2, 0.25) is 0 Å². The number of pyridine rings is 2. The summed E-state index contributed by atoms with van der Waals surface area (Å²) in [7, 11) is 1.60. The Hall–Kier alpha value is -3.78. The number of hydrogen-bond donors (Lipinski definition) is 3. The van der Waals surface area contributed by atoms with Crippen LogP contribution in [0.1, 0.15) is 10.4 Å². The van der Waals surface area contributed by atoms with Crippen molar-refractivity contribution in [3.63, 3.8) is 0 Å². The molecule has 0 saturated carbocycles. The van der Waals surface area contributed by atoms with E-state index in [1.807, 2.05) is 42.5 Å². The van der Waals surface area contributed by atoms with Crippen LogP contribution in [-0.4, -0.2) is 27.9 Å². The Morgan fingerprint density at radius 1 is 1.03 bits per heavy atom. The van der Waals surface area contributed by atoms with Crippen molar-refractivity contribution in [1.29, 1.82) is 0 Å². The van der Waals surface area contributed by atoms with E-state index in [1.54, 1.807) is 31.6 Å². The summed E-state index contributed by atoms with van der Waals surface area (Å²) in [6.07, 6.45) is 3.45. The van der Waals surface area contributed by atoms with E-state index < -0.39 is 0 Å². The van der Waals surface area contributed by atoms with Crippen molar-refractivity contribution in [1.82, 2.24) is 20.3 Å². The summed E-state index contributed by atoms with van der Waals surface area (Å²) < 4.78 is 0. The normalized spacial score (nSPS) is 10.5. The number of nitrogens with two attached hydrogens (primary N) is 1. The summed E-state index contributed by atoms with van der Waals surface area (Å²) in [5.41, 5.74) is 9.76. The lowest BCUT2D eigenvalue weighted by molar-refractivity contribution is 0.0963. The molecule has 0 fully saturated rings. The number of amides is 1. The summed E-state index contributed by atoms with van der Waals surface area (Å²) in [6, 6.07) is 16.7. The standard InChI is InChI=1S/C21H18N6OS/c1-23-20(28)14-5-4-6-15(11-14)26-17-12-13(8-10-25-17)19-18(27-21(22)29-19)16-7-2-3-9-24-16/h2-12H,1H3,(H2,22,27)(H,23,28)(H,25,26).